The van der Waals surface area contributed by atoms with Crippen molar-refractivity contribution in [2.45, 2.75) is 17.2 Å². The number of fused-ring (bicyclic) bond motifs is 1. The van der Waals surface area contributed by atoms with Crippen molar-refractivity contribution in [2.75, 3.05) is 18.9 Å². The number of pyridine rings is 1. The second-order valence-corrected chi connectivity index (χ2v) is 10.1. The molecule has 0 aliphatic rings. The molecular formula is C23H17F6N3O6S2. The number of rotatable bonds is 6. The van der Waals surface area contributed by atoms with Crippen LogP contribution in [0.15, 0.2) is 59.1 Å². The van der Waals surface area contributed by atoms with Crippen molar-refractivity contribution in [1.29, 1.82) is 0 Å². The third kappa shape index (κ3) is 6.90. The number of carboxylic acid groups (broad SMARTS) is 1. The van der Waals surface area contributed by atoms with Crippen LogP contribution in [-0.4, -0.2) is 49.9 Å². The van der Waals surface area contributed by atoms with Gasteiger partial charge in [0.2, 0.25) is 0 Å². The molecule has 17 heteroatoms. The molecule has 0 atom stereocenters. The Morgan fingerprint density at radius 3 is 2.12 bits per heavy atom. The first-order valence-corrected chi connectivity index (χ1v) is 12.9. The zero-order valence-electron chi connectivity index (χ0n) is 20.2. The van der Waals surface area contributed by atoms with Crippen molar-refractivity contribution in [3.63, 3.8) is 0 Å². The summed E-state index contributed by atoms with van der Waals surface area (Å²) in [4.78, 5) is 17.1. The van der Waals surface area contributed by atoms with Crippen molar-refractivity contribution >= 4 is 43.2 Å². The predicted molar refractivity (Wildman–Crippen MR) is 132 cm³/mol. The maximum atomic E-state index is 13.1. The molecule has 40 heavy (non-hydrogen) atoms. The summed E-state index contributed by atoms with van der Waals surface area (Å²) in [6.45, 7) is 0. The Bertz CT molecular complexity index is 1620. The number of nitrogens with one attached hydrogen (secondary N) is 1. The van der Waals surface area contributed by atoms with Gasteiger partial charge in [-0.25, -0.2) is 18.2 Å². The van der Waals surface area contributed by atoms with E-state index in [9.17, 15) is 34.8 Å². The molecule has 0 saturated carbocycles. The zero-order chi connectivity index (χ0) is 29.9. The molecular weight excluding hydrogens is 592 g/mol. The van der Waals surface area contributed by atoms with Crippen LogP contribution in [0, 0.1) is 0 Å². The molecule has 0 radical (unpaired) electrons. The lowest BCUT2D eigenvalue weighted by atomic mass is 10.0. The van der Waals surface area contributed by atoms with Gasteiger partial charge in [-0.05, 0) is 30.3 Å². The highest BCUT2D eigenvalue weighted by Crippen LogP contribution is 2.40. The van der Waals surface area contributed by atoms with E-state index in [4.69, 9.17) is 19.4 Å². The summed E-state index contributed by atoms with van der Waals surface area (Å²) in [5.74, 6) is -2.48. The van der Waals surface area contributed by atoms with E-state index in [0.29, 0.717) is 27.8 Å². The number of sulfonamides is 1. The number of carbonyl (C=O) groups is 1. The van der Waals surface area contributed by atoms with Crippen molar-refractivity contribution in [1.82, 2.24) is 9.97 Å². The van der Waals surface area contributed by atoms with Gasteiger partial charge in [0.25, 0.3) is 10.0 Å². The van der Waals surface area contributed by atoms with Crippen LogP contribution >= 0.6 is 11.3 Å². The minimum atomic E-state index is -5.08. The first-order valence-electron chi connectivity index (χ1n) is 10.5. The molecule has 0 saturated heterocycles. The van der Waals surface area contributed by atoms with E-state index in [2.05, 4.69) is 14.7 Å². The lowest BCUT2D eigenvalue weighted by Gasteiger charge is -2.15. The van der Waals surface area contributed by atoms with Crippen LogP contribution in [0.1, 0.15) is 5.56 Å². The molecule has 0 unspecified atom stereocenters. The standard InChI is InChI=1S/C21H16F3N3O4S2.C2HF3O2/c1-30-17-9-12(21(22,23)24)3-5-15(17)19-14-6-4-13(10-16(14)18(31-2)11-26-19)33(28,29)27-20-25-7-8-32-20;3-2(4,5)1(6)7/h3-11H,1-2H3,(H,25,27);(H,6,7). The Morgan fingerprint density at radius 2 is 1.60 bits per heavy atom. The fraction of sp³-hybridized carbons (Fsp3) is 0.174. The van der Waals surface area contributed by atoms with E-state index in [-0.39, 0.29) is 15.8 Å². The van der Waals surface area contributed by atoms with Crippen molar-refractivity contribution < 1.29 is 54.1 Å². The Hall–Kier alpha value is -4.12. The van der Waals surface area contributed by atoms with E-state index >= 15 is 0 Å². The number of carboxylic acids is 1. The van der Waals surface area contributed by atoms with Gasteiger partial charge in [-0.15, -0.1) is 11.3 Å². The monoisotopic (exact) mass is 609 g/mol. The molecule has 2 heterocycles. The molecule has 0 bridgehead atoms. The van der Waals surface area contributed by atoms with Gasteiger partial charge >= 0.3 is 18.3 Å². The van der Waals surface area contributed by atoms with Gasteiger partial charge in [-0.2, -0.15) is 26.3 Å². The van der Waals surface area contributed by atoms with Crippen LogP contribution in [0.4, 0.5) is 31.5 Å². The molecule has 0 aliphatic heterocycles. The maximum Gasteiger partial charge on any atom is 0.490 e. The summed E-state index contributed by atoms with van der Waals surface area (Å²) in [6, 6.07) is 7.40. The number of hydrogen-bond donors (Lipinski definition) is 2. The number of halogens is 6. The van der Waals surface area contributed by atoms with Crippen LogP contribution in [0.5, 0.6) is 11.5 Å². The molecule has 9 nitrogen and oxygen atoms in total. The number of nitrogens with zero attached hydrogens (tertiary/aromatic N) is 2. The fourth-order valence-corrected chi connectivity index (χ4v) is 5.07. The van der Waals surface area contributed by atoms with Crippen LogP contribution in [-0.2, 0) is 21.0 Å². The number of benzene rings is 2. The maximum absolute atomic E-state index is 13.1. The largest absolute Gasteiger partial charge is 0.496 e. The fourth-order valence-electron chi connectivity index (χ4n) is 3.25. The highest BCUT2D eigenvalue weighted by Gasteiger charge is 2.38. The number of aliphatic carboxylic acids is 1. The SMILES string of the molecule is COc1cc(C(F)(F)F)ccc1-c1ncc(OC)c2cc(S(=O)(=O)Nc3nccs3)ccc12.O=C(O)C(F)(F)F. The van der Waals surface area contributed by atoms with Crippen molar-refractivity contribution in [3.8, 4) is 22.8 Å². The number of anilines is 1. The Kier molecular flexibility index (Phi) is 8.78. The van der Waals surface area contributed by atoms with Gasteiger partial charge < -0.3 is 14.6 Å². The first kappa shape index (κ1) is 30.4. The highest BCUT2D eigenvalue weighted by atomic mass is 32.2. The normalized spacial score (nSPS) is 11.9. The van der Waals surface area contributed by atoms with E-state index in [1.54, 1.807) is 5.38 Å². The molecule has 2 aromatic heterocycles. The average molecular weight is 610 g/mol. The van der Waals surface area contributed by atoms with E-state index in [1.165, 1.54) is 50.9 Å². The van der Waals surface area contributed by atoms with E-state index in [0.717, 1.165) is 23.5 Å². The molecule has 0 aliphatic carbocycles. The summed E-state index contributed by atoms with van der Waals surface area (Å²) in [5.41, 5.74) is -0.231. The minimum Gasteiger partial charge on any atom is -0.496 e. The van der Waals surface area contributed by atoms with E-state index < -0.39 is 33.9 Å². The third-order valence-corrected chi connectivity index (χ3v) is 7.19. The van der Waals surface area contributed by atoms with Gasteiger partial charge in [0.1, 0.15) is 11.5 Å². The van der Waals surface area contributed by atoms with Gasteiger partial charge in [0.15, 0.2) is 5.13 Å². The van der Waals surface area contributed by atoms with Gasteiger partial charge in [-0.1, -0.05) is 6.07 Å². The zero-order valence-corrected chi connectivity index (χ0v) is 21.8. The van der Waals surface area contributed by atoms with Gasteiger partial charge in [-0.3, -0.25) is 9.71 Å². The lowest BCUT2D eigenvalue weighted by molar-refractivity contribution is -0.192. The van der Waals surface area contributed by atoms with Crippen LogP contribution in [0.25, 0.3) is 22.0 Å². The Labute approximate surface area is 226 Å². The Balaban J connectivity index is 0.000000559. The molecule has 0 spiro atoms. The third-order valence-electron chi connectivity index (χ3n) is 5.03. The van der Waals surface area contributed by atoms with Crippen LogP contribution in [0.2, 0.25) is 0 Å². The number of hydrogen-bond acceptors (Lipinski definition) is 8. The van der Waals surface area contributed by atoms with Crippen LogP contribution in [0.3, 0.4) is 0 Å². The predicted octanol–water partition coefficient (Wildman–Crippen LogP) is 5.83. The molecule has 2 N–H and O–H groups in total. The number of ether oxygens (including phenoxy) is 2. The lowest BCUT2D eigenvalue weighted by Crippen LogP contribution is -2.21. The van der Waals surface area contributed by atoms with Gasteiger partial charge in [0, 0.05) is 27.9 Å². The quantitative estimate of drug-likeness (QED) is 0.262. The van der Waals surface area contributed by atoms with Gasteiger partial charge in [0.05, 0.1) is 36.6 Å². The summed E-state index contributed by atoms with van der Waals surface area (Å²) < 4.78 is 110. The average Bonchev–Trinajstić information content (AvgIpc) is 3.39. The Morgan fingerprint density at radius 1 is 0.950 bits per heavy atom. The van der Waals surface area contributed by atoms with E-state index in [1.807, 2.05) is 0 Å². The summed E-state index contributed by atoms with van der Waals surface area (Å²) >= 11 is 1.13. The summed E-state index contributed by atoms with van der Waals surface area (Å²) in [5, 5.41) is 9.86. The molecule has 2 aromatic carbocycles. The molecule has 0 amide bonds. The first-order chi connectivity index (χ1) is 18.6. The second kappa shape index (κ2) is 11.5. The minimum absolute atomic E-state index is 0.0223. The van der Waals surface area contributed by atoms with Crippen LogP contribution < -0.4 is 14.2 Å². The molecule has 4 rings (SSSR count). The molecule has 214 valence electrons. The number of aromatic nitrogens is 2. The highest BCUT2D eigenvalue weighted by molar-refractivity contribution is 7.93. The smallest absolute Gasteiger partial charge is 0.490 e. The van der Waals surface area contributed by atoms with Crippen molar-refractivity contribution in [2.24, 2.45) is 0 Å². The topological polar surface area (TPSA) is 128 Å². The number of methoxy groups -OCH3 is 2. The number of alkyl halides is 6. The summed E-state index contributed by atoms with van der Waals surface area (Å²) in [7, 11) is -1.27. The molecule has 4 aromatic rings. The molecule has 0 fully saturated rings. The summed E-state index contributed by atoms with van der Waals surface area (Å²) in [6.07, 6.45) is -6.77. The van der Waals surface area contributed by atoms with Crippen molar-refractivity contribution in [3.05, 3.63) is 59.7 Å². The second-order valence-electron chi connectivity index (χ2n) is 7.54. The number of thiazole rings is 1.